The summed E-state index contributed by atoms with van der Waals surface area (Å²) in [7, 11) is 0. The van der Waals surface area contributed by atoms with Gasteiger partial charge in [-0.2, -0.15) is 0 Å². The Labute approximate surface area is 188 Å². The first-order chi connectivity index (χ1) is 14.6. The zero-order chi connectivity index (χ0) is 22.3. The minimum absolute atomic E-state index is 0.0163. The Balaban J connectivity index is 3.36. The number of unbranched alkanes of at least 4 members (excludes halogenated alkanes) is 11. The van der Waals surface area contributed by atoms with Crippen molar-refractivity contribution < 1.29 is 9.53 Å². The molecule has 0 spiro atoms. The van der Waals surface area contributed by atoms with Crippen molar-refractivity contribution in [2.75, 3.05) is 6.61 Å². The fourth-order valence-corrected chi connectivity index (χ4v) is 3.61. The predicted octanol–water partition coefficient (Wildman–Crippen LogP) is 9.34. The molecule has 2 nitrogen and oxygen atoms in total. The van der Waals surface area contributed by atoms with Gasteiger partial charge < -0.3 is 4.74 Å². The molecule has 176 valence electrons. The van der Waals surface area contributed by atoms with Gasteiger partial charge in [-0.05, 0) is 63.7 Å². The lowest BCUT2D eigenvalue weighted by molar-refractivity contribution is -0.145. The molecular formula is C28H52O2. The van der Waals surface area contributed by atoms with Crippen molar-refractivity contribution in [3.63, 3.8) is 0 Å². The van der Waals surface area contributed by atoms with Crippen LogP contribution in [0.2, 0.25) is 0 Å². The van der Waals surface area contributed by atoms with Crippen molar-refractivity contribution in [2.24, 2.45) is 5.92 Å². The molecule has 0 saturated heterocycles. The van der Waals surface area contributed by atoms with Crippen LogP contribution < -0.4 is 0 Å². The van der Waals surface area contributed by atoms with Crippen LogP contribution in [0.3, 0.4) is 0 Å². The molecule has 0 aromatic carbocycles. The Morgan fingerprint density at radius 1 is 0.800 bits per heavy atom. The van der Waals surface area contributed by atoms with E-state index in [2.05, 4.69) is 39.5 Å². The average molecular weight is 421 g/mol. The molecule has 0 aliphatic heterocycles. The van der Waals surface area contributed by atoms with E-state index in [0.717, 1.165) is 38.5 Å². The first kappa shape index (κ1) is 28.9. The minimum Gasteiger partial charge on any atom is -0.465 e. The van der Waals surface area contributed by atoms with Crippen LogP contribution in [0.4, 0.5) is 0 Å². The molecule has 0 saturated carbocycles. The maximum atomic E-state index is 11.9. The smallest absolute Gasteiger partial charge is 0.305 e. The van der Waals surface area contributed by atoms with Gasteiger partial charge in [-0.3, -0.25) is 4.79 Å². The van der Waals surface area contributed by atoms with Crippen LogP contribution in [0.15, 0.2) is 24.3 Å². The monoisotopic (exact) mass is 420 g/mol. The third kappa shape index (κ3) is 21.7. The normalized spacial score (nSPS) is 12.4. The van der Waals surface area contributed by atoms with Crippen molar-refractivity contribution in [3.8, 4) is 0 Å². The van der Waals surface area contributed by atoms with Gasteiger partial charge >= 0.3 is 5.97 Å². The second kappa shape index (κ2) is 22.6. The van der Waals surface area contributed by atoms with Gasteiger partial charge in [0.1, 0.15) is 0 Å². The topological polar surface area (TPSA) is 26.3 Å². The summed E-state index contributed by atoms with van der Waals surface area (Å²) in [6.07, 6.45) is 26.4. The fourth-order valence-electron chi connectivity index (χ4n) is 3.61. The van der Waals surface area contributed by atoms with Crippen LogP contribution in [-0.2, 0) is 9.53 Å². The molecule has 1 atom stereocenters. The number of allylic oxidation sites excluding steroid dienone is 3. The summed E-state index contributed by atoms with van der Waals surface area (Å²) in [6.45, 7) is 11.2. The van der Waals surface area contributed by atoms with Gasteiger partial charge in [-0.1, -0.05) is 96.4 Å². The van der Waals surface area contributed by atoms with E-state index in [1.54, 1.807) is 0 Å². The lowest BCUT2D eigenvalue weighted by Gasteiger charge is -2.12. The van der Waals surface area contributed by atoms with Gasteiger partial charge in [0, 0.05) is 6.42 Å². The zero-order valence-corrected chi connectivity index (χ0v) is 20.7. The second-order valence-corrected chi connectivity index (χ2v) is 9.12. The summed E-state index contributed by atoms with van der Waals surface area (Å²) < 4.78 is 5.44. The molecule has 0 aromatic heterocycles. The highest BCUT2D eigenvalue weighted by molar-refractivity contribution is 5.69. The molecular weight excluding hydrogens is 368 g/mol. The molecule has 2 heteroatoms. The van der Waals surface area contributed by atoms with Gasteiger partial charge in [0.2, 0.25) is 0 Å². The van der Waals surface area contributed by atoms with Crippen molar-refractivity contribution in [2.45, 2.75) is 136 Å². The highest BCUT2D eigenvalue weighted by Crippen LogP contribution is 2.14. The Bertz CT molecular complexity index is 424. The average Bonchev–Trinajstić information content (AvgIpc) is 2.74. The molecule has 0 N–H and O–H groups in total. The van der Waals surface area contributed by atoms with Crippen LogP contribution in [0.25, 0.3) is 0 Å². The molecule has 1 unspecified atom stereocenters. The van der Waals surface area contributed by atoms with Crippen LogP contribution in [0.1, 0.15) is 136 Å². The van der Waals surface area contributed by atoms with Crippen molar-refractivity contribution in [1.82, 2.24) is 0 Å². The maximum Gasteiger partial charge on any atom is 0.305 e. The highest BCUT2D eigenvalue weighted by atomic mass is 16.5. The van der Waals surface area contributed by atoms with Crippen LogP contribution >= 0.6 is 0 Å². The first-order valence-corrected chi connectivity index (χ1v) is 13.1. The van der Waals surface area contributed by atoms with E-state index in [1.807, 2.05) is 0 Å². The third-order valence-electron chi connectivity index (χ3n) is 5.90. The van der Waals surface area contributed by atoms with Crippen molar-refractivity contribution in [3.05, 3.63) is 24.3 Å². The SMILES string of the molecule is C=C(CC)CCCC(C)COC(=O)CCCCCCCC=CCCCCCCCC. The number of hydrogen-bond acceptors (Lipinski definition) is 2. The number of carbonyl (C=O) groups excluding carboxylic acids is 1. The van der Waals surface area contributed by atoms with E-state index in [-0.39, 0.29) is 5.97 Å². The van der Waals surface area contributed by atoms with Crippen molar-refractivity contribution >= 4 is 5.97 Å². The standard InChI is InChI=1S/C28H52O2/c1-5-7-8-9-10-11-12-13-14-15-16-17-18-19-20-24-28(29)30-25-27(4)23-21-22-26(3)6-2/h13-14,27H,3,5-12,15-25H2,1-2,4H3. The lowest BCUT2D eigenvalue weighted by Crippen LogP contribution is -2.11. The Hall–Kier alpha value is -1.05. The Morgan fingerprint density at radius 2 is 1.37 bits per heavy atom. The zero-order valence-electron chi connectivity index (χ0n) is 20.7. The molecule has 30 heavy (non-hydrogen) atoms. The Kier molecular flexibility index (Phi) is 21.8. The van der Waals surface area contributed by atoms with Crippen LogP contribution in [0.5, 0.6) is 0 Å². The van der Waals surface area contributed by atoms with Crippen molar-refractivity contribution in [1.29, 1.82) is 0 Å². The quantitative estimate of drug-likeness (QED) is 0.0990. The molecule has 0 radical (unpaired) electrons. The second-order valence-electron chi connectivity index (χ2n) is 9.12. The van der Waals surface area contributed by atoms with Gasteiger partial charge in [-0.25, -0.2) is 0 Å². The summed E-state index contributed by atoms with van der Waals surface area (Å²) in [5, 5.41) is 0. The van der Waals surface area contributed by atoms with E-state index in [1.165, 1.54) is 76.2 Å². The molecule has 0 fully saturated rings. The van der Waals surface area contributed by atoms with E-state index in [9.17, 15) is 4.79 Å². The van der Waals surface area contributed by atoms with Gasteiger partial charge in [0.15, 0.2) is 0 Å². The van der Waals surface area contributed by atoms with E-state index >= 15 is 0 Å². The molecule has 0 aliphatic carbocycles. The van der Waals surface area contributed by atoms with Gasteiger partial charge in [0.05, 0.1) is 6.61 Å². The molecule has 0 rings (SSSR count). The van der Waals surface area contributed by atoms with Crippen LogP contribution in [0, 0.1) is 5.92 Å². The summed E-state index contributed by atoms with van der Waals surface area (Å²) in [4.78, 5) is 11.9. The Morgan fingerprint density at radius 3 is 1.97 bits per heavy atom. The largest absolute Gasteiger partial charge is 0.465 e. The summed E-state index contributed by atoms with van der Waals surface area (Å²) in [6, 6.07) is 0. The fraction of sp³-hybridized carbons (Fsp3) is 0.821. The number of esters is 1. The number of ether oxygens (including phenoxy) is 1. The third-order valence-corrected chi connectivity index (χ3v) is 5.90. The van der Waals surface area contributed by atoms with Gasteiger partial charge in [-0.15, -0.1) is 0 Å². The number of rotatable bonds is 22. The lowest BCUT2D eigenvalue weighted by atomic mass is 10.0. The van der Waals surface area contributed by atoms with Gasteiger partial charge in [0.25, 0.3) is 0 Å². The van der Waals surface area contributed by atoms with E-state index in [4.69, 9.17) is 4.74 Å². The summed E-state index contributed by atoms with van der Waals surface area (Å²) in [5.41, 5.74) is 1.32. The molecule has 0 aliphatic rings. The molecule has 0 amide bonds. The van der Waals surface area contributed by atoms with Crippen LogP contribution in [-0.4, -0.2) is 12.6 Å². The number of hydrogen-bond donors (Lipinski definition) is 0. The predicted molar refractivity (Wildman–Crippen MR) is 133 cm³/mol. The number of carbonyl (C=O) groups is 1. The van der Waals surface area contributed by atoms with E-state index in [0.29, 0.717) is 18.9 Å². The molecule has 0 aromatic rings. The highest BCUT2D eigenvalue weighted by Gasteiger charge is 2.07. The first-order valence-electron chi connectivity index (χ1n) is 13.1. The molecule has 0 bridgehead atoms. The minimum atomic E-state index is -0.0163. The summed E-state index contributed by atoms with van der Waals surface area (Å²) in [5.74, 6) is 0.435. The summed E-state index contributed by atoms with van der Waals surface area (Å²) >= 11 is 0. The maximum absolute atomic E-state index is 11.9. The molecule has 0 heterocycles. The van der Waals surface area contributed by atoms with E-state index < -0.39 is 0 Å².